The fourth-order valence-corrected chi connectivity index (χ4v) is 3.52. The van der Waals surface area contributed by atoms with E-state index in [1.807, 2.05) is 0 Å². The summed E-state index contributed by atoms with van der Waals surface area (Å²) in [6.45, 7) is 6.59. The first-order chi connectivity index (χ1) is 10.1. The Morgan fingerprint density at radius 3 is 2.67 bits per heavy atom. The lowest BCUT2D eigenvalue weighted by molar-refractivity contribution is 0.145. The Balaban J connectivity index is 1.57. The zero-order valence-electron chi connectivity index (χ0n) is 12.7. The fourth-order valence-electron chi connectivity index (χ4n) is 3.52. The molecule has 0 radical (unpaired) electrons. The van der Waals surface area contributed by atoms with Gasteiger partial charge < -0.3 is 5.73 Å². The van der Waals surface area contributed by atoms with E-state index in [0.29, 0.717) is 12.1 Å². The van der Waals surface area contributed by atoms with Crippen molar-refractivity contribution < 1.29 is 4.39 Å². The van der Waals surface area contributed by atoms with Crippen molar-refractivity contribution in [3.63, 3.8) is 0 Å². The van der Waals surface area contributed by atoms with Crippen molar-refractivity contribution in [2.45, 2.75) is 44.3 Å². The molecular weight excluding hydrogens is 267 g/mol. The first-order valence-corrected chi connectivity index (χ1v) is 7.98. The lowest BCUT2D eigenvalue weighted by Gasteiger charge is -2.35. The molecule has 2 fully saturated rings. The van der Waals surface area contributed by atoms with E-state index in [-0.39, 0.29) is 11.9 Å². The van der Waals surface area contributed by atoms with Crippen LogP contribution in [0.1, 0.15) is 37.9 Å². The van der Waals surface area contributed by atoms with Crippen LogP contribution in [0.5, 0.6) is 0 Å². The van der Waals surface area contributed by atoms with E-state index in [9.17, 15) is 4.39 Å². The second-order valence-corrected chi connectivity index (χ2v) is 6.39. The summed E-state index contributed by atoms with van der Waals surface area (Å²) in [5.74, 6) is -0.269. The Kier molecular flexibility index (Phi) is 4.52. The van der Waals surface area contributed by atoms with Gasteiger partial charge in [-0.1, -0.05) is 0 Å². The Hall–Kier alpha value is -1.04. The highest BCUT2D eigenvalue weighted by Gasteiger charge is 2.32. The van der Waals surface area contributed by atoms with Crippen LogP contribution in [-0.4, -0.2) is 53.0 Å². The van der Waals surface area contributed by atoms with Crippen molar-refractivity contribution in [2.75, 3.05) is 26.2 Å². The van der Waals surface area contributed by atoms with Crippen molar-refractivity contribution in [3.8, 4) is 0 Å². The minimum absolute atomic E-state index is 0.252. The quantitative estimate of drug-likeness (QED) is 0.922. The molecule has 2 atom stereocenters. The van der Waals surface area contributed by atoms with Crippen LogP contribution >= 0.6 is 0 Å². The molecular formula is C16H25FN4. The molecule has 1 aromatic heterocycles. The van der Waals surface area contributed by atoms with Crippen LogP contribution in [0.2, 0.25) is 0 Å². The summed E-state index contributed by atoms with van der Waals surface area (Å²) in [6.07, 6.45) is 4.75. The van der Waals surface area contributed by atoms with Gasteiger partial charge in [-0.25, -0.2) is 4.39 Å². The van der Waals surface area contributed by atoms with Gasteiger partial charge in [0.1, 0.15) is 5.82 Å². The standard InChI is InChI=1S/C16H25FN4/c1-12(16-3-2-13(17)10-19-16)21-9-6-15(11-21)20-7-4-14(18)5-8-20/h2-3,10,12,14-15H,4-9,11,18H2,1H3. The maximum absolute atomic E-state index is 13.0. The first kappa shape index (κ1) is 14.9. The molecule has 3 heterocycles. The van der Waals surface area contributed by atoms with Gasteiger partial charge >= 0.3 is 0 Å². The molecule has 2 aliphatic heterocycles. The molecule has 116 valence electrons. The Labute approximate surface area is 126 Å². The van der Waals surface area contributed by atoms with Gasteiger partial charge in [0.05, 0.1) is 11.9 Å². The van der Waals surface area contributed by atoms with E-state index in [4.69, 9.17) is 5.73 Å². The number of nitrogens with zero attached hydrogens (tertiary/aromatic N) is 3. The molecule has 0 aliphatic carbocycles. The largest absolute Gasteiger partial charge is 0.328 e. The van der Waals surface area contributed by atoms with Crippen LogP contribution < -0.4 is 5.73 Å². The second kappa shape index (κ2) is 6.38. The van der Waals surface area contributed by atoms with Crippen LogP contribution in [-0.2, 0) is 0 Å². The molecule has 3 rings (SSSR count). The van der Waals surface area contributed by atoms with Crippen LogP contribution in [0.4, 0.5) is 4.39 Å². The molecule has 5 heteroatoms. The summed E-state index contributed by atoms with van der Waals surface area (Å²) in [4.78, 5) is 9.27. The predicted octanol–water partition coefficient (Wildman–Crippen LogP) is 1.78. The normalized spacial score (nSPS) is 27.1. The molecule has 2 aliphatic rings. The molecule has 0 amide bonds. The average molecular weight is 292 g/mol. The molecule has 0 spiro atoms. The zero-order chi connectivity index (χ0) is 14.8. The Morgan fingerprint density at radius 2 is 2.00 bits per heavy atom. The Bertz CT molecular complexity index is 456. The van der Waals surface area contributed by atoms with Crippen LogP contribution in [0.15, 0.2) is 18.3 Å². The lowest BCUT2D eigenvalue weighted by atomic mass is 10.0. The molecule has 0 aromatic carbocycles. The van der Waals surface area contributed by atoms with Gasteiger partial charge in [-0.05, 0) is 51.4 Å². The minimum atomic E-state index is -0.269. The van der Waals surface area contributed by atoms with Crippen LogP contribution in [0, 0.1) is 5.82 Å². The summed E-state index contributed by atoms with van der Waals surface area (Å²) in [7, 11) is 0. The van der Waals surface area contributed by atoms with Crippen LogP contribution in [0.25, 0.3) is 0 Å². The topological polar surface area (TPSA) is 45.4 Å². The van der Waals surface area contributed by atoms with E-state index in [1.165, 1.54) is 18.7 Å². The number of pyridine rings is 1. The van der Waals surface area contributed by atoms with Gasteiger partial charge in [0.25, 0.3) is 0 Å². The maximum Gasteiger partial charge on any atom is 0.141 e. The third kappa shape index (κ3) is 3.42. The number of piperidine rings is 1. The number of rotatable bonds is 3. The van der Waals surface area contributed by atoms with E-state index in [1.54, 1.807) is 6.07 Å². The fraction of sp³-hybridized carbons (Fsp3) is 0.688. The monoisotopic (exact) mass is 292 g/mol. The molecule has 1 aromatic rings. The summed E-state index contributed by atoms with van der Waals surface area (Å²) < 4.78 is 13.0. The number of halogens is 1. The maximum atomic E-state index is 13.0. The molecule has 21 heavy (non-hydrogen) atoms. The molecule has 4 nitrogen and oxygen atoms in total. The SMILES string of the molecule is CC(c1ccc(F)cn1)N1CCC(N2CCC(N)CC2)C1. The van der Waals surface area contributed by atoms with Crippen molar-refractivity contribution in [1.82, 2.24) is 14.8 Å². The van der Waals surface area contributed by atoms with Gasteiger partial charge in [-0.3, -0.25) is 14.8 Å². The molecule has 2 unspecified atom stereocenters. The number of aromatic nitrogens is 1. The molecule has 2 saturated heterocycles. The first-order valence-electron chi connectivity index (χ1n) is 7.98. The second-order valence-electron chi connectivity index (χ2n) is 6.39. The summed E-state index contributed by atoms with van der Waals surface area (Å²) in [6, 6.07) is 4.58. The van der Waals surface area contributed by atoms with E-state index < -0.39 is 0 Å². The van der Waals surface area contributed by atoms with E-state index in [0.717, 1.165) is 44.7 Å². The van der Waals surface area contributed by atoms with Gasteiger partial charge in [-0.2, -0.15) is 0 Å². The smallest absolute Gasteiger partial charge is 0.141 e. The summed E-state index contributed by atoms with van der Waals surface area (Å²) in [5, 5.41) is 0. The van der Waals surface area contributed by atoms with Crippen molar-refractivity contribution in [2.24, 2.45) is 5.73 Å². The molecule has 0 bridgehead atoms. The predicted molar refractivity (Wildman–Crippen MR) is 81.4 cm³/mol. The highest BCUT2D eigenvalue weighted by Crippen LogP contribution is 2.27. The highest BCUT2D eigenvalue weighted by molar-refractivity contribution is 5.10. The molecule has 2 N–H and O–H groups in total. The number of nitrogens with two attached hydrogens (primary N) is 1. The third-order valence-corrected chi connectivity index (χ3v) is 5.01. The van der Waals surface area contributed by atoms with Crippen molar-refractivity contribution in [1.29, 1.82) is 0 Å². The van der Waals surface area contributed by atoms with Gasteiger partial charge in [0.15, 0.2) is 0 Å². The Morgan fingerprint density at radius 1 is 1.24 bits per heavy atom. The number of hydrogen-bond acceptors (Lipinski definition) is 4. The van der Waals surface area contributed by atoms with Gasteiger partial charge in [-0.15, -0.1) is 0 Å². The van der Waals surface area contributed by atoms with Gasteiger partial charge in [0.2, 0.25) is 0 Å². The number of hydrogen-bond donors (Lipinski definition) is 1. The summed E-state index contributed by atoms with van der Waals surface area (Å²) in [5.41, 5.74) is 6.94. The van der Waals surface area contributed by atoms with E-state index >= 15 is 0 Å². The highest BCUT2D eigenvalue weighted by atomic mass is 19.1. The van der Waals surface area contributed by atoms with Crippen LogP contribution in [0.3, 0.4) is 0 Å². The zero-order valence-corrected chi connectivity index (χ0v) is 12.7. The van der Waals surface area contributed by atoms with E-state index in [2.05, 4.69) is 21.7 Å². The third-order valence-electron chi connectivity index (χ3n) is 5.01. The van der Waals surface area contributed by atoms with Crippen molar-refractivity contribution >= 4 is 0 Å². The number of likely N-dealkylation sites (tertiary alicyclic amines) is 2. The van der Waals surface area contributed by atoms with Crippen molar-refractivity contribution in [3.05, 3.63) is 29.8 Å². The summed E-state index contributed by atoms with van der Waals surface area (Å²) >= 11 is 0. The minimum Gasteiger partial charge on any atom is -0.328 e. The molecule has 0 saturated carbocycles. The lowest BCUT2D eigenvalue weighted by Crippen LogP contribution is -2.46. The van der Waals surface area contributed by atoms with Gasteiger partial charge in [0, 0.05) is 31.2 Å². The average Bonchev–Trinajstić information content (AvgIpc) is 2.98.